The van der Waals surface area contributed by atoms with Crippen molar-refractivity contribution in [2.75, 3.05) is 7.11 Å². The Balaban J connectivity index is 1.88. The molecule has 1 aliphatic rings. The maximum absolute atomic E-state index is 12.2. The zero-order valence-corrected chi connectivity index (χ0v) is 12.0. The SMILES string of the molecule is COc1ccccc1C=C1CC(c2ccco2)CCC1=O. The van der Waals surface area contributed by atoms with Gasteiger partial charge in [-0.3, -0.25) is 4.79 Å². The molecule has 0 aliphatic heterocycles. The third-order valence-electron chi connectivity index (χ3n) is 3.96. The predicted octanol–water partition coefficient (Wildman–Crippen LogP) is 4.21. The molecule has 1 heterocycles. The van der Waals surface area contributed by atoms with E-state index in [9.17, 15) is 4.79 Å². The van der Waals surface area contributed by atoms with Gasteiger partial charge in [0.25, 0.3) is 0 Å². The summed E-state index contributed by atoms with van der Waals surface area (Å²) in [5.41, 5.74) is 1.80. The number of furan rings is 1. The summed E-state index contributed by atoms with van der Waals surface area (Å²) in [7, 11) is 1.64. The van der Waals surface area contributed by atoms with Gasteiger partial charge < -0.3 is 9.15 Å². The van der Waals surface area contributed by atoms with Gasteiger partial charge in [-0.1, -0.05) is 18.2 Å². The number of ether oxygens (including phenoxy) is 1. The highest BCUT2D eigenvalue weighted by molar-refractivity contribution is 6.00. The van der Waals surface area contributed by atoms with Crippen molar-refractivity contribution in [3.8, 4) is 5.75 Å². The number of hydrogen-bond acceptors (Lipinski definition) is 3. The van der Waals surface area contributed by atoms with Crippen LogP contribution in [0.1, 0.15) is 36.5 Å². The van der Waals surface area contributed by atoms with Crippen LogP contribution in [0.3, 0.4) is 0 Å². The number of hydrogen-bond donors (Lipinski definition) is 0. The summed E-state index contributed by atoms with van der Waals surface area (Å²) in [5, 5.41) is 0. The van der Waals surface area contributed by atoms with Crippen molar-refractivity contribution in [3.63, 3.8) is 0 Å². The van der Waals surface area contributed by atoms with E-state index >= 15 is 0 Å². The summed E-state index contributed by atoms with van der Waals surface area (Å²) in [6, 6.07) is 11.6. The average molecular weight is 282 g/mol. The number of para-hydroxylation sites is 1. The molecule has 108 valence electrons. The fourth-order valence-electron chi connectivity index (χ4n) is 2.83. The summed E-state index contributed by atoms with van der Waals surface area (Å²) in [5.74, 6) is 2.27. The van der Waals surface area contributed by atoms with Crippen LogP contribution in [-0.4, -0.2) is 12.9 Å². The van der Waals surface area contributed by atoms with Gasteiger partial charge >= 0.3 is 0 Å². The summed E-state index contributed by atoms with van der Waals surface area (Å²) >= 11 is 0. The van der Waals surface area contributed by atoms with Gasteiger partial charge in [0.2, 0.25) is 0 Å². The van der Waals surface area contributed by atoms with Gasteiger partial charge in [-0.15, -0.1) is 0 Å². The Bertz CT molecular complexity index is 653. The van der Waals surface area contributed by atoms with Crippen molar-refractivity contribution in [3.05, 3.63) is 59.6 Å². The number of carbonyl (C=O) groups excluding carboxylic acids is 1. The Morgan fingerprint density at radius 3 is 2.86 bits per heavy atom. The fourth-order valence-corrected chi connectivity index (χ4v) is 2.83. The van der Waals surface area contributed by atoms with Crippen molar-refractivity contribution < 1.29 is 13.9 Å². The molecule has 1 aromatic heterocycles. The van der Waals surface area contributed by atoms with E-state index in [0.717, 1.165) is 35.5 Å². The predicted molar refractivity (Wildman–Crippen MR) is 81.3 cm³/mol. The summed E-state index contributed by atoms with van der Waals surface area (Å²) in [6.45, 7) is 0. The molecule has 1 fully saturated rings. The molecular formula is C18H18O3. The lowest BCUT2D eigenvalue weighted by atomic mass is 9.82. The van der Waals surface area contributed by atoms with Crippen molar-refractivity contribution in [2.45, 2.75) is 25.2 Å². The van der Waals surface area contributed by atoms with Gasteiger partial charge in [0.15, 0.2) is 5.78 Å². The molecular weight excluding hydrogens is 264 g/mol. The van der Waals surface area contributed by atoms with Crippen LogP contribution in [0.2, 0.25) is 0 Å². The molecule has 0 spiro atoms. The molecule has 3 nitrogen and oxygen atoms in total. The van der Waals surface area contributed by atoms with Crippen molar-refractivity contribution in [1.82, 2.24) is 0 Å². The second-order valence-electron chi connectivity index (χ2n) is 5.29. The highest BCUT2D eigenvalue weighted by Crippen LogP contribution is 2.35. The van der Waals surface area contributed by atoms with Crippen molar-refractivity contribution in [2.24, 2.45) is 0 Å². The van der Waals surface area contributed by atoms with Gasteiger partial charge in [-0.2, -0.15) is 0 Å². The molecule has 0 N–H and O–H groups in total. The Hall–Kier alpha value is -2.29. The molecule has 0 radical (unpaired) electrons. The Morgan fingerprint density at radius 1 is 1.24 bits per heavy atom. The number of rotatable bonds is 3. The summed E-state index contributed by atoms with van der Waals surface area (Å²) in [6.07, 6.45) is 5.80. The van der Waals surface area contributed by atoms with E-state index in [-0.39, 0.29) is 5.78 Å². The first-order chi connectivity index (χ1) is 10.3. The molecule has 2 aromatic rings. The molecule has 0 amide bonds. The smallest absolute Gasteiger partial charge is 0.158 e. The standard InChI is InChI=1S/C18H18O3/c1-20-17-6-3-2-5-13(17)11-15-12-14(8-9-16(15)19)18-7-4-10-21-18/h2-7,10-11,14H,8-9,12H2,1H3. The van der Waals surface area contributed by atoms with Crippen LogP contribution in [0.25, 0.3) is 6.08 Å². The number of Topliss-reactive ketones (excluding diaryl/α,β-unsaturated/α-hetero) is 1. The van der Waals surface area contributed by atoms with Crippen LogP contribution in [0.5, 0.6) is 5.75 Å². The molecule has 1 unspecified atom stereocenters. The van der Waals surface area contributed by atoms with E-state index < -0.39 is 0 Å². The normalized spacial score (nSPS) is 20.7. The van der Waals surface area contributed by atoms with Gasteiger partial charge in [0.1, 0.15) is 11.5 Å². The first-order valence-corrected chi connectivity index (χ1v) is 7.18. The molecule has 3 heteroatoms. The first-order valence-electron chi connectivity index (χ1n) is 7.18. The molecule has 0 saturated heterocycles. The first kappa shape index (κ1) is 13.7. The number of benzene rings is 1. The summed E-state index contributed by atoms with van der Waals surface area (Å²) in [4.78, 5) is 12.2. The van der Waals surface area contributed by atoms with Crippen molar-refractivity contribution in [1.29, 1.82) is 0 Å². The summed E-state index contributed by atoms with van der Waals surface area (Å²) < 4.78 is 10.8. The Kier molecular flexibility index (Phi) is 3.91. The van der Waals surface area contributed by atoms with Crippen LogP contribution >= 0.6 is 0 Å². The minimum absolute atomic E-state index is 0.226. The maximum Gasteiger partial charge on any atom is 0.158 e. The van der Waals surface area contributed by atoms with Gasteiger partial charge in [-0.25, -0.2) is 0 Å². The molecule has 1 aliphatic carbocycles. The largest absolute Gasteiger partial charge is 0.496 e. The monoisotopic (exact) mass is 282 g/mol. The quantitative estimate of drug-likeness (QED) is 0.792. The molecule has 1 aromatic carbocycles. The lowest BCUT2D eigenvalue weighted by Crippen LogP contribution is -2.15. The lowest BCUT2D eigenvalue weighted by Gasteiger charge is -2.21. The van der Waals surface area contributed by atoms with E-state index in [4.69, 9.17) is 9.15 Å². The second kappa shape index (κ2) is 6.00. The number of ketones is 1. The van der Waals surface area contributed by atoms with E-state index in [1.807, 2.05) is 42.5 Å². The highest BCUT2D eigenvalue weighted by Gasteiger charge is 2.26. The molecule has 3 rings (SSSR count). The highest BCUT2D eigenvalue weighted by atomic mass is 16.5. The van der Waals surface area contributed by atoms with Gasteiger partial charge in [0.05, 0.1) is 13.4 Å². The maximum atomic E-state index is 12.2. The molecule has 0 bridgehead atoms. The van der Waals surface area contributed by atoms with Crippen LogP contribution in [-0.2, 0) is 4.79 Å². The molecule has 21 heavy (non-hydrogen) atoms. The number of allylic oxidation sites excluding steroid dienone is 1. The number of carbonyl (C=O) groups is 1. The lowest BCUT2D eigenvalue weighted by molar-refractivity contribution is -0.116. The van der Waals surface area contributed by atoms with Crippen LogP contribution in [0, 0.1) is 0 Å². The number of methoxy groups -OCH3 is 1. The third-order valence-corrected chi connectivity index (χ3v) is 3.96. The topological polar surface area (TPSA) is 39.4 Å². The van der Waals surface area contributed by atoms with Crippen LogP contribution in [0.15, 0.2) is 52.7 Å². The fraction of sp³-hybridized carbons (Fsp3) is 0.278. The van der Waals surface area contributed by atoms with E-state index in [0.29, 0.717) is 12.3 Å². The Labute approximate surface area is 124 Å². The van der Waals surface area contributed by atoms with E-state index in [1.54, 1.807) is 13.4 Å². The third kappa shape index (κ3) is 2.92. The minimum Gasteiger partial charge on any atom is -0.496 e. The van der Waals surface area contributed by atoms with E-state index in [1.165, 1.54) is 0 Å². The molecule has 1 saturated carbocycles. The van der Waals surface area contributed by atoms with Crippen molar-refractivity contribution >= 4 is 11.9 Å². The van der Waals surface area contributed by atoms with Crippen LogP contribution in [0.4, 0.5) is 0 Å². The van der Waals surface area contributed by atoms with E-state index in [2.05, 4.69) is 0 Å². The minimum atomic E-state index is 0.226. The van der Waals surface area contributed by atoms with Gasteiger partial charge in [-0.05, 0) is 42.7 Å². The zero-order valence-electron chi connectivity index (χ0n) is 12.0. The Morgan fingerprint density at radius 2 is 2.10 bits per heavy atom. The average Bonchev–Trinajstić information content (AvgIpc) is 3.04. The van der Waals surface area contributed by atoms with Crippen LogP contribution < -0.4 is 4.74 Å². The second-order valence-corrected chi connectivity index (χ2v) is 5.29. The molecule has 1 atom stereocenters. The zero-order chi connectivity index (χ0) is 14.7. The van der Waals surface area contributed by atoms with Gasteiger partial charge in [0, 0.05) is 17.9 Å².